The van der Waals surface area contributed by atoms with Crippen LogP contribution in [0.25, 0.3) is 0 Å². The molecule has 0 bridgehead atoms. The summed E-state index contributed by atoms with van der Waals surface area (Å²) in [5.74, 6) is -1.44. The molecule has 3 N–H and O–H groups in total. The van der Waals surface area contributed by atoms with Gasteiger partial charge < -0.3 is 33.8 Å². The van der Waals surface area contributed by atoms with Crippen LogP contribution < -0.4 is 0 Å². The van der Waals surface area contributed by atoms with Crippen LogP contribution in [0.15, 0.2) is 0 Å². The maximum atomic E-state index is 12.9. The van der Waals surface area contributed by atoms with Crippen molar-refractivity contribution in [2.24, 2.45) is 5.92 Å². The monoisotopic (exact) mass is 1170 g/mol. The number of phosphoric acid groups is 2. The summed E-state index contributed by atoms with van der Waals surface area (Å²) in [6.07, 6.45) is 36.2. The Kier molecular flexibility index (Phi) is 52.7. The van der Waals surface area contributed by atoms with Crippen molar-refractivity contribution in [3.63, 3.8) is 0 Å². The van der Waals surface area contributed by atoms with Gasteiger partial charge in [0, 0.05) is 25.7 Å². The van der Waals surface area contributed by atoms with E-state index in [0.29, 0.717) is 31.6 Å². The third-order valence-corrected chi connectivity index (χ3v) is 15.7. The van der Waals surface area contributed by atoms with Crippen LogP contribution >= 0.6 is 15.6 Å². The molecule has 79 heavy (non-hydrogen) atoms. The van der Waals surface area contributed by atoms with E-state index >= 15 is 0 Å². The number of aliphatic hydroxyl groups excluding tert-OH is 1. The van der Waals surface area contributed by atoms with Gasteiger partial charge in [-0.1, -0.05) is 247 Å². The average Bonchev–Trinajstić information content (AvgIpc) is 3.41. The van der Waals surface area contributed by atoms with E-state index in [1.165, 1.54) is 116 Å². The summed E-state index contributed by atoms with van der Waals surface area (Å²) in [4.78, 5) is 71.9. The van der Waals surface area contributed by atoms with Crippen LogP contribution in [0, 0.1) is 5.92 Å². The normalized spacial score (nSPS) is 14.3. The minimum absolute atomic E-state index is 0.106. The molecule has 0 saturated carbocycles. The number of rotatable bonds is 60. The van der Waals surface area contributed by atoms with E-state index in [4.69, 9.17) is 37.0 Å². The molecule has 468 valence electrons. The molecule has 0 rings (SSSR count). The number of aliphatic hydroxyl groups is 1. The Labute approximate surface area is 479 Å². The highest BCUT2D eigenvalue weighted by atomic mass is 31.2. The smallest absolute Gasteiger partial charge is 0.462 e. The third kappa shape index (κ3) is 55.0. The van der Waals surface area contributed by atoms with Gasteiger partial charge in [-0.2, -0.15) is 0 Å². The van der Waals surface area contributed by atoms with E-state index in [0.717, 1.165) is 96.3 Å². The molecule has 5 atom stereocenters. The highest BCUT2D eigenvalue weighted by molar-refractivity contribution is 7.47. The first kappa shape index (κ1) is 77.1. The largest absolute Gasteiger partial charge is 0.472 e. The van der Waals surface area contributed by atoms with Gasteiger partial charge in [-0.25, -0.2) is 9.13 Å². The highest BCUT2D eigenvalue weighted by Crippen LogP contribution is 2.45. The SMILES string of the molecule is CCCCCCCCCCCCCC(=O)O[C@H](COC(=O)CCCCCCCCCC(C)C)COP(=O)(O)OC[C@@H](O)COP(=O)(O)OC[C@@H](COC(=O)CCCCCCCCCCC)OC(=O)CCCCCCCCCCC. The molecule has 0 spiro atoms. The first-order valence-electron chi connectivity index (χ1n) is 31.6. The van der Waals surface area contributed by atoms with Crippen molar-refractivity contribution in [1.82, 2.24) is 0 Å². The Bertz CT molecular complexity index is 1550. The van der Waals surface area contributed by atoms with Gasteiger partial charge in [0.25, 0.3) is 0 Å². The van der Waals surface area contributed by atoms with Crippen molar-refractivity contribution in [2.75, 3.05) is 39.6 Å². The summed E-state index contributed by atoms with van der Waals surface area (Å²) in [5, 5.41) is 10.5. The van der Waals surface area contributed by atoms with E-state index in [-0.39, 0.29) is 25.7 Å². The fourth-order valence-corrected chi connectivity index (χ4v) is 10.5. The van der Waals surface area contributed by atoms with E-state index in [2.05, 4.69) is 34.6 Å². The molecule has 0 aliphatic rings. The van der Waals surface area contributed by atoms with Crippen LogP contribution in [0.4, 0.5) is 0 Å². The Morgan fingerprint density at radius 2 is 0.582 bits per heavy atom. The number of unbranched alkanes of at least 4 members (excludes halogenated alkanes) is 32. The summed E-state index contributed by atoms with van der Waals surface area (Å²) in [6, 6.07) is 0. The van der Waals surface area contributed by atoms with Gasteiger partial charge in [0.1, 0.15) is 19.3 Å². The van der Waals surface area contributed by atoms with E-state index < -0.39 is 97.5 Å². The Balaban J connectivity index is 5.22. The highest BCUT2D eigenvalue weighted by Gasteiger charge is 2.30. The van der Waals surface area contributed by atoms with Crippen LogP contribution in [0.1, 0.15) is 298 Å². The van der Waals surface area contributed by atoms with Gasteiger partial charge in [-0.05, 0) is 31.6 Å². The standard InChI is InChI=1S/C60H116O17P2/c1-6-9-12-15-18-21-22-25-30-36-41-46-60(65)77-56(50-71-58(63)44-39-34-31-26-27-32-37-42-53(4)5)52-75-79(68,69)73-48-54(61)47-72-78(66,67)74-51-55(76-59(64)45-40-35-29-24-20-17-14-11-8-3)49-70-57(62)43-38-33-28-23-19-16-13-10-7-2/h53-56,61H,6-52H2,1-5H3,(H,66,67)(H,68,69)/t54-,55+,56+/m0/s1. The second kappa shape index (κ2) is 54.0. The van der Waals surface area contributed by atoms with Gasteiger partial charge in [0.05, 0.1) is 26.4 Å². The number of phosphoric ester groups is 2. The van der Waals surface area contributed by atoms with Crippen LogP contribution in [-0.4, -0.2) is 96.7 Å². The minimum Gasteiger partial charge on any atom is -0.462 e. The van der Waals surface area contributed by atoms with Crippen molar-refractivity contribution in [1.29, 1.82) is 0 Å². The molecular weight excluding hydrogens is 1050 g/mol. The predicted molar refractivity (Wildman–Crippen MR) is 312 cm³/mol. The second-order valence-electron chi connectivity index (χ2n) is 22.2. The zero-order valence-electron chi connectivity index (χ0n) is 50.5. The number of hydrogen-bond acceptors (Lipinski definition) is 15. The van der Waals surface area contributed by atoms with Crippen molar-refractivity contribution in [3.05, 3.63) is 0 Å². The maximum Gasteiger partial charge on any atom is 0.472 e. The summed E-state index contributed by atoms with van der Waals surface area (Å²) in [7, 11) is -9.87. The van der Waals surface area contributed by atoms with E-state index in [1.807, 2.05) is 0 Å². The van der Waals surface area contributed by atoms with Crippen LogP contribution in [0.2, 0.25) is 0 Å². The Morgan fingerprint density at radius 1 is 0.342 bits per heavy atom. The molecule has 17 nitrogen and oxygen atoms in total. The third-order valence-electron chi connectivity index (χ3n) is 13.8. The number of esters is 4. The Morgan fingerprint density at radius 3 is 0.861 bits per heavy atom. The van der Waals surface area contributed by atoms with Crippen molar-refractivity contribution >= 4 is 39.5 Å². The molecule has 0 aliphatic carbocycles. The van der Waals surface area contributed by atoms with E-state index in [9.17, 15) is 43.2 Å². The summed E-state index contributed by atoms with van der Waals surface area (Å²) in [6.45, 7) is 7.07. The number of hydrogen-bond donors (Lipinski definition) is 3. The summed E-state index contributed by atoms with van der Waals surface area (Å²) in [5.41, 5.74) is 0. The van der Waals surface area contributed by atoms with Crippen molar-refractivity contribution < 1.29 is 80.2 Å². The lowest BCUT2D eigenvalue weighted by Crippen LogP contribution is -2.30. The van der Waals surface area contributed by atoms with Gasteiger partial charge in [0.2, 0.25) is 0 Å². The van der Waals surface area contributed by atoms with Gasteiger partial charge >= 0.3 is 39.5 Å². The van der Waals surface area contributed by atoms with E-state index in [1.54, 1.807) is 0 Å². The summed E-state index contributed by atoms with van der Waals surface area (Å²) >= 11 is 0. The van der Waals surface area contributed by atoms with Gasteiger partial charge in [-0.15, -0.1) is 0 Å². The average molecular weight is 1170 g/mol. The molecule has 0 aliphatic heterocycles. The summed E-state index contributed by atoms with van der Waals surface area (Å²) < 4.78 is 67.7. The molecule has 0 aromatic rings. The number of ether oxygens (including phenoxy) is 4. The molecule has 2 unspecified atom stereocenters. The zero-order chi connectivity index (χ0) is 58.5. The van der Waals surface area contributed by atoms with Crippen LogP contribution in [0.5, 0.6) is 0 Å². The lowest BCUT2D eigenvalue weighted by Gasteiger charge is -2.21. The fourth-order valence-electron chi connectivity index (χ4n) is 8.88. The first-order valence-corrected chi connectivity index (χ1v) is 34.6. The lowest BCUT2D eigenvalue weighted by atomic mass is 10.0. The molecule has 0 aromatic heterocycles. The first-order chi connectivity index (χ1) is 38.0. The maximum absolute atomic E-state index is 12.9. The second-order valence-corrected chi connectivity index (χ2v) is 25.1. The quantitative estimate of drug-likeness (QED) is 0.0222. The van der Waals surface area contributed by atoms with Gasteiger partial charge in [-0.3, -0.25) is 37.3 Å². The molecule has 0 heterocycles. The molecule has 19 heteroatoms. The molecule has 0 fully saturated rings. The van der Waals surface area contributed by atoms with Gasteiger partial charge in [0.15, 0.2) is 12.2 Å². The minimum atomic E-state index is -4.94. The van der Waals surface area contributed by atoms with Crippen LogP contribution in [0.3, 0.4) is 0 Å². The Hall–Kier alpha value is -1.94. The molecular formula is C60H116O17P2. The zero-order valence-corrected chi connectivity index (χ0v) is 52.3. The fraction of sp³-hybridized carbons (Fsp3) is 0.933. The topological polar surface area (TPSA) is 237 Å². The van der Waals surface area contributed by atoms with Crippen LogP contribution in [-0.2, 0) is 65.4 Å². The molecule has 0 amide bonds. The molecule has 0 saturated heterocycles. The molecule has 0 radical (unpaired) electrons. The lowest BCUT2D eigenvalue weighted by molar-refractivity contribution is -0.161. The number of carbonyl (C=O) groups excluding carboxylic acids is 4. The van der Waals surface area contributed by atoms with Crippen molar-refractivity contribution in [3.8, 4) is 0 Å². The molecule has 0 aromatic carbocycles. The van der Waals surface area contributed by atoms with Crippen molar-refractivity contribution in [2.45, 2.75) is 316 Å². The predicted octanol–water partition coefficient (Wildman–Crippen LogP) is 16.2. The number of carbonyl (C=O) groups is 4.